The number of hydrogen-bond donors (Lipinski definition) is 1. The predicted octanol–water partition coefficient (Wildman–Crippen LogP) is 2.76. The summed E-state index contributed by atoms with van der Waals surface area (Å²) in [4.78, 5) is 15.3. The molecule has 1 N–H and O–H groups in total. The molecule has 0 saturated heterocycles. The van der Waals surface area contributed by atoms with Gasteiger partial charge in [-0.05, 0) is 29.8 Å². The molecule has 2 heterocycles. The zero-order valence-electron chi connectivity index (χ0n) is 10.5. The van der Waals surface area contributed by atoms with E-state index in [4.69, 9.17) is 5.11 Å². The molecule has 0 aliphatic heterocycles. The van der Waals surface area contributed by atoms with E-state index in [1.54, 1.807) is 22.7 Å². The van der Waals surface area contributed by atoms with E-state index in [2.05, 4.69) is 4.98 Å². The molecule has 0 atom stereocenters. The van der Waals surface area contributed by atoms with Gasteiger partial charge in [-0.3, -0.25) is 0 Å². The number of aromatic carboxylic acids is 1. The maximum absolute atomic E-state index is 12.8. The van der Waals surface area contributed by atoms with E-state index >= 15 is 0 Å². The predicted molar refractivity (Wildman–Crippen MR) is 71.4 cm³/mol. The van der Waals surface area contributed by atoms with Crippen molar-refractivity contribution in [2.24, 2.45) is 0 Å². The molecule has 0 unspecified atom stereocenters. The highest BCUT2D eigenvalue weighted by atomic mass is 19.1. The van der Waals surface area contributed by atoms with Crippen molar-refractivity contribution in [3.05, 3.63) is 71.4 Å². The fraction of sp³-hybridized carbons (Fsp3) is 0.0667. The first-order valence-electron chi connectivity index (χ1n) is 6.07. The van der Waals surface area contributed by atoms with Gasteiger partial charge in [0.2, 0.25) is 0 Å². The van der Waals surface area contributed by atoms with Crippen LogP contribution in [0.4, 0.5) is 4.39 Å². The van der Waals surface area contributed by atoms with Crippen molar-refractivity contribution in [3.8, 4) is 0 Å². The molecule has 3 aromatic rings. The van der Waals surface area contributed by atoms with Gasteiger partial charge in [0, 0.05) is 18.8 Å². The van der Waals surface area contributed by atoms with Crippen LogP contribution in [0.25, 0.3) is 5.65 Å². The summed E-state index contributed by atoms with van der Waals surface area (Å²) in [5.41, 5.74) is 2.55. The topological polar surface area (TPSA) is 54.6 Å². The Kier molecular flexibility index (Phi) is 2.95. The molecule has 100 valence electrons. The van der Waals surface area contributed by atoms with E-state index in [1.165, 1.54) is 24.3 Å². The number of imidazole rings is 1. The summed E-state index contributed by atoms with van der Waals surface area (Å²) in [7, 11) is 0. The van der Waals surface area contributed by atoms with Gasteiger partial charge in [-0.1, -0.05) is 12.1 Å². The number of hydrogen-bond acceptors (Lipinski definition) is 2. The maximum atomic E-state index is 12.8. The van der Waals surface area contributed by atoms with Gasteiger partial charge in [0.05, 0.1) is 11.3 Å². The van der Waals surface area contributed by atoms with Crippen molar-refractivity contribution >= 4 is 11.6 Å². The zero-order valence-corrected chi connectivity index (χ0v) is 10.5. The Morgan fingerprint density at radius 2 is 2.00 bits per heavy atom. The van der Waals surface area contributed by atoms with Crippen molar-refractivity contribution in [1.82, 2.24) is 9.38 Å². The molecule has 0 aliphatic carbocycles. The van der Waals surface area contributed by atoms with Crippen LogP contribution < -0.4 is 0 Å². The number of fused-ring (bicyclic) bond motifs is 1. The molecular formula is C15H11FN2O2. The summed E-state index contributed by atoms with van der Waals surface area (Å²) in [6, 6.07) is 9.29. The second-order valence-corrected chi connectivity index (χ2v) is 4.52. The Balaban J connectivity index is 1.92. The summed E-state index contributed by atoms with van der Waals surface area (Å²) >= 11 is 0. The fourth-order valence-electron chi connectivity index (χ4n) is 2.06. The lowest BCUT2D eigenvalue weighted by atomic mass is 10.1. The van der Waals surface area contributed by atoms with E-state index < -0.39 is 5.97 Å². The van der Waals surface area contributed by atoms with Gasteiger partial charge >= 0.3 is 5.97 Å². The maximum Gasteiger partial charge on any atom is 0.335 e. The smallest absolute Gasteiger partial charge is 0.335 e. The summed E-state index contributed by atoms with van der Waals surface area (Å²) in [5.74, 6) is -1.24. The standard InChI is InChI=1S/C15H11FN2O2/c16-12-3-1-10(2-4-12)7-13-9-18-6-5-11(15(19)20)8-14(18)17-13/h1-6,8-9H,7H2,(H,19,20). The van der Waals surface area contributed by atoms with Crippen molar-refractivity contribution in [3.63, 3.8) is 0 Å². The minimum Gasteiger partial charge on any atom is -0.478 e. The van der Waals surface area contributed by atoms with Crippen LogP contribution in [0, 0.1) is 5.82 Å². The van der Waals surface area contributed by atoms with Crippen LogP contribution in [0.1, 0.15) is 21.6 Å². The second-order valence-electron chi connectivity index (χ2n) is 4.52. The number of nitrogens with zero attached hydrogens (tertiary/aromatic N) is 2. The monoisotopic (exact) mass is 270 g/mol. The average Bonchev–Trinajstić information content (AvgIpc) is 2.82. The number of carbonyl (C=O) groups is 1. The molecule has 0 radical (unpaired) electrons. The fourth-order valence-corrected chi connectivity index (χ4v) is 2.06. The van der Waals surface area contributed by atoms with E-state index in [9.17, 15) is 9.18 Å². The average molecular weight is 270 g/mol. The SMILES string of the molecule is O=C(O)c1ccn2cc(Cc3ccc(F)cc3)nc2c1. The van der Waals surface area contributed by atoms with Gasteiger partial charge in [-0.25, -0.2) is 14.2 Å². The lowest BCUT2D eigenvalue weighted by Gasteiger charge is -1.96. The first-order valence-corrected chi connectivity index (χ1v) is 6.07. The molecule has 4 nitrogen and oxygen atoms in total. The summed E-state index contributed by atoms with van der Waals surface area (Å²) < 4.78 is 14.6. The summed E-state index contributed by atoms with van der Waals surface area (Å²) in [5, 5.41) is 8.94. The quantitative estimate of drug-likeness (QED) is 0.796. The third kappa shape index (κ3) is 2.38. The minimum absolute atomic E-state index is 0.205. The molecule has 20 heavy (non-hydrogen) atoms. The van der Waals surface area contributed by atoms with E-state index in [1.807, 2.05) is 6.20 Å². The molecule has 0 bridgehead atoms. The van der Waals surface area contributed by atoms with Gasteiger partial charge in [0.25, 0.3) is 0 Å². The van der Waals surface area contributed by atoms with Crippen molar-refractivity contribution in [1.29, 1.82) is 0 Å². The molecule has 2 aromatic heterocycles. The van der Waals surface area contributed by atoms with Gasteiger partial charge in [-0.15, -0.1) is 0 Å². The number of benzene rings is 1. The van der Waals surface area contributed by atoms with Gasteiger partial charge in [0.15, 0.2) is 0 Å². The van der Waals surface area contributed by atoms with Gasteiger partial charge < -0.3 is 9.51 Å². The number of carboxylic acids is 1. The zero-order chi connectivity index (χ0) is 14.1. The Bertz CT molecular complexity index is 778. The van der Waals surface area contributed by atoms with E-state index in [-0.39, 0.29) is 11.4 Å². The van der Waals surface area contributed by atoms with Crippen molar-refractivity contribution < 1.29 is 14.3 Å². The Hall–Kier alpha value is -2.69. The van der Waals surface area contributed by atoms with E-state index in [0.717, 1.165) is 11.3 Å². The van der Waals surface area contributed by atoms with Gasteiger partial charge in [0.1, 0.15) is 11.5 Å². The van der Waals surface area contributed by atoms with Crippen LogP contribution >= 0.6 is 0 Å². The van der Waals surface area contributed by atoms with Crippen LogP contribution in [-0.4, -0.2) is 20.5 Å². The molecule has 0 amide bonds. The van der Waals surface area contributed by atoms with Crippen LogP contribution in [0.2, 0.25) is 0 Å². The van der Waals surface area contributed by atoms with Crippen LogP contribution in [0.15, 0.2) is 48.8 Å². The Morgan fingerprint density at radius 3 is 2.70 bits per heavy atom. The molecular weight excluding hydrogens is 259 g/mol. The molecule has 0 spiro atoms. The molecule has 1 aromatic carbocycles. The number of halogens is 1. The normalized spacial score (nSPS) is 10.8. The lowest BCUT2D eigenvalue weighted by molar-refractivity contribution is 0.0697. The summed E-state index contributed by atoms with van der Waals surface area (Å²) in [6.07, 6.45) is 4.08. The number of carboxylic acid groups (broad SMARTS) is 1. The van der Waals surface area contributed by atoms with Crippen LogP contribution in [0.5, 0.6) is 0 Å². The Labute approximate surface area is 114 Å². The molecule has 5 heteroatoms. The van der Waals surface area contributed by atoms with Crippen LogP contribution in [-0.2, 0) is 6.42 Å². The largest absolute Gasteiger partial charge is 0.478 e. The summed E-state index contributed by atoms with van der Waals surface area (Å²) in [6.45, 7) is 0. The highest BCUT2D eigenvalue weighted by Gasteiger charge is 2.07. The van der Waals surface area contributed by atoms with E-state index in [0.29, 0.717) is 12.1 Å². The first kappa shape index (κ1) is 12.3. The van der Waals surface area contributed by atoms with Gasteiger partial charge in [-0.2, -0.15) is 0 Å². The van der Waals surface area contributed by atoms with Crippen molar-refractivity contribution in [2.75, 3.05) is 0 Å². The number of pyridine rings is 1. The molecule has 0 aliphatic rings. The number of rotatable bonds is 3. The second kappa shape index (κ2) is 4.77. The first-order chi connectivity index (χ1) is 9.61. The third-order valence-corrected chi connectivity index (χ3v) is 3.06. The van der Waals surface area contributed by atoms with Crippen molar-refractivity contribution in [2.45, 2.75) is 6.42 Å². The Morgan fingerprint density at radius 1 is 1.25 bits per heavy atom. The minimum atomic E-state index is -0.976. The lowest BCUT2D eigenvalue weighted by Crippen LogP contribution is -1.96. The molecule has 0 saturated carbocycles. The number of aromatic nitrogens is 2. The third-order valence-electron chi connectivity index (χ3n) is 3.06. The highest BCUT2D eigenvalue weighted by molar-refractivity contribution is 5.88. The van der Waals surface area contributed by atoms with Crippen LogP contribution in [0.3, 0.4) is 0 Å². The molecule has 3 rings (SSSR count). The molecule has 0 fully saturated rings. The highest BCUT2D eigenvalue weighted by Crippen LogP contribution is 2.13.